The maximum absolute atomic E-state index is 5.56. The molecule has 1 unspecified atom stereocenters. The van der Waals surface area contributed by atoms with Crippen molar-refractivity contribution in [3.63, 3.8) is 0 Å². The van der Waals surface area contributed by atoms with Crippen LogP contribution in [0.1, 0.15) is 30.5 Å². The first-order chi connectivity index (χ1) is 12.2. The fourth-order valence-electron chi connectivity index (χ4n) is 2.80. The summed E-state index contributed by atoms with van der Waals surface area (Å²) in [5, 5.41) is 3.60. The Bertz CT molecular complexity index is 657. The van der Waals surface area contributed by atoms with Gasteiger partial charge in [0.2, 0.25) is 0 Å². The Hall–Kier alpha value is -2.04. The van der Waals surface area contributed by atoms with E-state index in [1.54, 1.807) is 14.2 Å². The van der Waals surface area contributed by atoms with E-state index in [1.807, 2.05) is 19.1 Å². The molecule has 2 rings (SSSR count). The summed E-state index contributed by atoms with van der Waals surface area (Å²) in [6.45, 7) is 6.45. The summed E-state index contributed by atoms with van der Waals surface area (Å²) < 4.78 is 16.2. The second-order valence-corrected chi connectivity index (χ2v) is 6.08. The van der Waals surface area contributed by atoms with E-state index in [-0.39, 0.29) is 0 Å². The van der Waals surface area contributed by atoms with Gasteiger partial charge in [0, 0.05) is 19.2 Å². The number of nitrogens with one attached hydrogen (secondary N) is 1. The molecule has 0 bridgehead atoms. The monoisotopic (exact) mass is 343 g/mol. The van der Waals surface area contributed by atoms with Crippen molar-refractivity contribution in [3.8, 4) is 11.5 Å². The third-order valence-electron chi connectivity index (χ3n) is 4.21. The summed E-state index contributed by atoms with van der Waals surface area (Å²) >= 11 is 0. The number of hydrogen-bond donors (Lipinski definition) is 1. The molecule has 4 nitrogen and oxygen atoms in total. The minimum atomic E-state index is 0.346. The van der Waals surface area contributed by atoms with E-state index in [4.69, 9.17) is 14.2 Å². The van der Waals surface area contributed by atoms with Gasteiger partial charge in [-0.3, -0.25) is 0 Å². The van der Waals surface area contributed by atoms with Crippen LogP contribution in [0, 0.1) is 0 Å². The topological polar surface area (TPSA) is 39.7 Å². The highest BCUT2D eigenvalue weighted by molar-refractivity contribution is 5.43. The van der Waals surface area contributed by atoms with Crippen LogP contribution in [0.15, 0.2) is 42.5 Å². The van der Waals surface area contributed by atoms with Crippen LogP contribution < -0.4 is 14.8 Å². The third-order valence-corrected chi connectivity index (χ3v) is 4.21. The van der Waals surface area contributed by atoms with Crippen LogP contribution >= 0.6 is 0 Å². The van der Waals surface area contributed by atoms with E-state index < -0.39 is 0 Å². The van der Waals surface area contributed by atoms with Crippen molar-refractivity contribution in [3.05, 3.63) is 59.2 Å². The highest BCUT2D eigenvalue weighted by Gasteiger charge is 2.09. The van der Waals surface area contributed by atoms with Crippen LogP contribution in [0.2, 0.25) is 0 Å². The van der Waals surface area contributed by atoms with Gasteiger partial charge in [0.1, 0.15) is 0 Å². The maximum atomic E-state index is 5.56. The molecular weight excluding hydrogens is 314 g/mol. The number of benzene rings is 2. The largest absolute Gasteiger partial charge is 0.493 e. The average molecular weight is 343 g/mol. The molecule has 1 atom stereocenters. The zero-order valence-electron chi connectivity index (χ0n) is 15.7. The number of methoxy groups -OCH3 is 2. The summed E-state index contributed by atoms with van der Waals surface area (Å²) in [5.74, 6) is 1.53. The second kappa shape index (κ2) is 10.1. The molecule has 2 aromatic carbocycles. The van der Waals surface area contributed by atoms with Crippen molar-refractivity contribution in [1.82, 2.24) is 5.32 Å². The molecule has 0 spiro atoms. The molecule has 0 fully saturated rings. The quantitative estimate of drug-likeness (QED) is 0.709. The predicted octanol–water partition coefficient (Wildman–Crippen LogP) is 3.96. The Morgan fingerprint density at radius 3 is 2.36 bits per heavy atom. The second-order valence-electron chi connectivity index (χ2n) is 6.08. The average Bonchev–Trinajstić information content (AvgIpc) is 2.65. The van der Waals surface area contributed by atoms with E-state index in [0.29, 0.717) is 12.6 Å². The van der Waals surface area contributed by atoms with Gasteiger partial charge in [-0.15, -0.1) is 0 Å². The third kappa shape index (κ3) is 5.76. The van der Waals surface area contributed by atoms with E-state index in [0.717, 1.165) is 31.1 Å². The molecule has 136 valence electrons. The van der Waals surface area contributed by atoms with Crippen LogP contribution in [0.4, 0.5) is 0 Å². The fourth-order valence-corrected chi connectivity index (χ4v) is 2.80. The van der Waals surface area contributed by atoms with Gasteiger partial charge in [-0.2, -0.15) is 0 Å². The molecule has 0 aromatic heterocycles. The van der Waals surface area contributed by atoms with E-state index in [1.165, 1.54) is 16.7 Å². The van der Waals surface area contributed by atoms with Crippen molar-refractivity contribution in [2.45, 2.75) is 39.5 Å². The van der Waals surface area contributed by atoms with Crippen molar-refractivity contribution in [2.75, 3.05) is 20.8 Å². The fraction of sp³-hybridized carbons (Fsp3) is 0.429. The summed E-state index contributed by atoms with van der Waals surface area (Å²) in [7, 11) is 3.32. The zero-order valence-corrected chi connectivity index (χ0v) is 15.7. The van der Waals surface area contributed by atoms with Crippen LogP contribution in [0.3, 0.4) is 0 Å². The van der Waals surface area contributed by atoms with Crippen LogP contribution in [-0.4, -0.2) is 26.9 Å². The van der Waals surface area contributed by atoms with Gasteiger partial charge in [0.25, 0.3) is 0 Å². The molecule has 0 radical (unpaired) electrons. The molecule has 0 amide bonds. The molecule has 25 heavy (non-hydrogen) atoms. The predicted molar refractivity (Wildman–Crippen MR) is 101 cm³/mol. The molecule has 0 aliphatic carbocycles. The Labute approximate surface area is 151 Å². The number of hydrogen-bond acceptors (Lipinski definition) is 4. The Morgan fingerprint density at radius 1 is 0.960 bits per heavy atom. The first-order valence-electron chi connectivity index (χ1n) is 8.76. The Morgan fingerprint density at radius 2 is 1.68 bits per heavy atom. The Kier molecular flexibility index (Phi) is 7.76. The summed E-state index contributed by atoms with van der Waals surface area (Å²) in [5.41, 5.74) is 3.76. The first-order valence-corrected chi connectivity index (χ1v) is 8.76. The smallest absolute Gasteiger partial charge is 0.160 e. The summed E-state index contributed by atoms with van der Waals surface area (Å²) in [4.78, 5) is 0. The molecule has 4 heteroatoms. The van der Waals surface area contributed by atoms with Crippen molar-refractivity contribution >= 4 is 0 Å². The van der Waals surface area contributed by atoms with Gasteiger partial charge in [-0.05, 0) is 49.1 Å². The Balaban J connectivity index is 1.94. The van der Waals surface area contributed by atoms with E-state index in [9.17, 15) is 0 Å². The highest BCUT2D eigenvalue weighted by atomic mass is 16.5. The van der Waals surface area contributed by atoms with E-state index >= 15 is 0 Å². The van der Waals surface area contributed by atoms with Crippen molar-refractivity contribution < 1.29 is 14.2 Å². The number of rotatable bonds is 10. The SMILES string of the molecule is CCOCc1ccccc1CNC(C)Cc1ccc(OC)c(OC)c1. The van der Waals surface area contributed by atoms with Gasteiger partial charge >= 0.3 is 0 Å². The lowest BCUT2D eigenvalue weighted by Crippen LogP contribution is -2.28. The molecule has 2 aromatic rings. The van der Waals surface area contributed by atoms with Gasteiger partial charge in [-0.1, -0.05) is 30.3 Å². The van der Waals surface area contributed by atoms with Crippen molar-refractivity contribution in [2.24, 2.45) is 0 Å². The molecule has 0 aliphatic rings. The lowest BCUT2D eigenvalue weighted by molar-refractivity contribution is 0.133. The lowest BCUT2D eigenvalue weighted by atomic mass is 10.0. The highest BCUT2D eigenvalue weighted by Crippen LogP contribution is 2.28. The molecular formula is C21H29NO3. The van der Waals surface area contributed by atoms with Crippen LogP contribution in [-0.2, 0) is 24.3 Å². The van der Waals surface area contributed by atoms with Crippen LogP contribution in [0.5, 0.6) is 11.5 Å². The maximum Gasteiger partial charge on any atom is 0.160 e. The number of ether oxygens (including phenoxy) is 3. The minimum absolute atomic E-state index is 0.346. The minimum Gasteiger partial charge on any atom is -0.493 e. The normalized spacial score (nSPS) is 12.0. The molecule has 0 saturated carbocycles. The van der Waals surface area contributed by atoms with E-state index in [2.05, 4.69) is 42.6 Å². The van der Waals surface area contributed by atoms with Crippen molar-refractivity contribution in [1.29, 1.82) is 0 Å². The van der Waals surface area contributed by atoms with Gasteiger partial charge in [0.15, 0.2) is 11.5 Å². The van der Waals surface area contributed by atoms with Gasteiger partial charge in [0.05, 0.1) is 20.8 Å². The molecule has 0 heterocycles. The molecule has 0 saturated heterocycles. The van der Waals surface area contributed by atoms with Gasteiger partial charge < -0.3 is 19.5 Å². The molecule has 1 N–H and O–H groups in total. The summed E-state index contributed by atoms with van der Waals surface area (Å²) in [6, 6.07) is 14.9. The molecule has 0 aliphatic heterocycles. The van der Waals surface area contributed by atoms with Crippen LogP contribution in [0.25, 0.3) is 0 Å². The standard InChI is InChI=1S/C21H29NO3/c1-5-25-15-19-9-7-6-8-18(19)14-22-16(2)12-17-10-11-20(23-3)21(13-17)24-4/h6-11,13,16,22H,5,12,14-15H2,1-4H3. The first kappa shape index (κ1) is 19.3. The zero-order chi connectivity index (χ0) is 18.1. The summed E-state index contributed by atoms with van der Waals surface area (Å²) in [6.07, 6.45) is 0.925. The van der Waals surface area contributed by atoms with Gasteiger partial charge in [-0.25, -0.2) is 0 Å². The lowest BCUT2D eigenvalue weighted by Gasteiger charge is -2.17.